The predicted molar refractivity (Wildman–Crippen MR) is 96.8 cm³/mol. The predicted octanol–water partition coefficient (Wildman–Crippen LogP) is 1.70. The van der Waals surface area contributed by atoms with Crippen molar-refractivity contribution in [1.82, 2.24) is 24.5 Å². The molecule has 1 aliphatic heterocycles. The number of aryl methyl sites for hydroxylation is 2. The van der Waals surface area contributed by atoms with Crippen LogP contribution < -0.4 is 4.90 Å². The number of aromatic nitrogens is 4. The zero-order chi connectivity index (χ0) is 18.1. The number of amides is 1. The second-order valence-corrected chi connectivity index (χ2v) is 6.32. The zero-order valence-electron chi connectivity index (χ0n) is 14.8. The van der Waals surface area contributed by atoms with Crippen LogP contribution in [0.3, 0.4) is 0 Å². The van der Waals surface area contributed by atoms with E-state index in [0.29, 0.717) is 24.6 Å². The van der Waals surface area contributed by atoms with Crippen LogP contribution in [0, 0.1) is 13.8 Å². The molecule has 4 heterocycles. The molecule has 0 N–H and O–H groups in total. The normalized spacial score (nSPS) is 15.3. The van der Waals surface area contributed by atoms with Crippen molar-refractivity contribution in [2.24, 2.45) is 0 Å². The molecule has 3 aromatic heterocycles. The molecule has 8 nitrogen and oxygen atoms in total. The van der Waals surface area contributed by atoms with Crippen LogP contribution >= 0.6 is 0 Å². The van der Waals surface area contributed by atoms with Gasteiger partial charge in [0.15, 0.2) is 0 Å². The van der Waals surface area contributed by atoms with E-state index >= 15 is 0 Å². The fraction of sp³-hybridized carbons (Fsp3) is 0.333. The van der Waals surface area contributed by atoms with Gasteiger partial charge in [-0.2, -0.15) is 14.6 Å². The van der Waals surface area contributed by atoms with Crippen LogP contribution in [-0.2, 0) is 4.79 Å². The highest BCUT2D eigenvalue weighted by molar-refractivity contribution is 5.91. The van der Waals surface area contributed by atoms with E-state index in [1.807, 2.05) is 36.9 Å². The Balaban J connectivity index is 1.43. The Labute approximate surface area is 150 Å². The Morgan fingerprint density at radius 3 is 2.73 bits per heavy atom. The Bertz CT molecular complexity index is 965. The molecule has 26 heavy (non-hydrogen) atoms. The van der Waals surface area contributed by atoms with Crippen LogP contribution in [0.25, 0.3) is 11.9 Å². The topological polar surface area (TPSA) is 79.8 Å². The number of fused-ring (bicyclic) bond motifs is 1. The molecule has 0 aromatic carbocycles. The number of anilines is 1. The molecule has 1 fully saturated rings. The van der Waals surface area contributed by atoms with E-state index in [1.54, 1.807) is 16.7 Å². The molecular formula is C18H20N6O2. The molecule has 134 valence electrons. The second kappa shape index (κ2) is 6.62. The molecule has 0 spiro atoms. The van der Waals surface area contributed by atoms with Crippen LogP contribution in [-0.4, -0.2) is 56.6 Å². The van der Waals surface area contributed by atoms with Crippen molar-refractivity contribution in [3.8, 4) is 0 Å². The maximum absolute atomic E-state index is 12.4. The lowest BCUT2D eigenvalue weighted by Crippen LogP contribution is -2.48. The summed E-state index contributed by atoms with van der Waals surface area (Å²) < 4.78 is 7.19. The summed E-state index contributed by atoms with van der Waals surface area (Å²) in [7, 11) is 0. The SMILES string of the molecule is Cc1cc(N2CCN(C(=O)/C=C/c3ccc(C)o3)CC2)n2ncnc2n1. The number of hydrogen-bond donors (Lipinski definition) is 0. The second-order valence-electron chi connectivity index (χ2n) is 6.32. The first-order chi connectivity index (χ1) is 12.6. The van der Waals surface area contributed by atoms with Crippen LogP contribution in [0.5, 0.6) is 0 Å². The van der Waals surface area contributed by atoms with Gasteiger partial charge in [-0.05, 0) is 32.1 Å². The van der Waals surface area contributed by atoms with Crippen molar-refractivity contribution >= 4 is 23.6 Å². The van der Waals surface area contributed by atoms with Crippen LogP contribution in [0.4, 0.5) is 5.82 Å². The minimum atomic E-state index is -0.00415. The minimum Gasteiger partial charge on any atom is -0.462 e. The smallest absolute Gasteiger partial charge is 0.254 e. The Morgan fingerprint density at radius 1 is 1.19 bits per heavy atom. The lowest BCUT2D eigenvalue weighted by molar-refractivity contribution is -0.126. The van der Waals surface area contributed by atoms with Gasteiger partial charge in [-0.3, -0.25) is 4.79 Å². The van der Waals surface area contributed by atoms with E-state index in [1.165, 1.54) is 6.33 Å². The lowest BCUT2D eigenvalue weighted by Gasteiger charge is -2.35. The molecule has 0 aliphatic carbocycles. The van der Waals surface area contributed by atoms with Crippen molar-refractivity contribution in [3.05, 3.63) is 47.8 Å². The van der Waals surface area contributed by atoms with Gasteiger partial charge in [0.1, 0.15) is 23.7 Å². The molecule has 0 radical (unpaired) electrons. The summed E-state index contributed by atoms with van der Waals surface area (Å²) in [6, 6.07) is 5.73. The van der Waals surface area contributed by atoms with E-state index in [9.17, 15) is 4.79 Å². The molecule has 1 amide bonds. The molecule has 0 bridgehead atoms. The summed E-state index contributed by atoms with van der Waals surface area (Å²) in [4.78, 5) is 25.0. The minimum absolute atomic E-state index is 0.00415. The van der Waals surface area contributed by atoms with Gasteiger partial charge in [0.25, 0.3) is 5.78 Å². The first kappa shape index (κ1) is 16.3. The first-order valence-corrected chi connectivity index (χ1v) is 8.56. The van der Waals surface area contributed by atoms with Gasteiger partial charge in [-0.15, -0.1) is 0 Å². The third kappa shape index (κ3) is 3.17. The average Bonchev–Trinajstić information content (AvgIpc) is 3.27. The molecular weight excluding hydrogens is 332 g/mol. The summed E-state index contributed by atoms with van der Waals surface area (Å²) in [5.74, 6) is 3.07. The summed E-state index contributed by atoms with van der Waals surface area (Å²) >= 11 is 0. The number of furan rings is 1. The summed E-state index contributed by atoms with van der Waals surface area (Å²) in [6.45, 7) is 6.59. The van der Waals surface area contributed by atoms with Gasteiger partial charge in [-0.1, -0.05) is 0 Å². The van der Waals surface area contributed by atoms with Gasteiger partial charge in [0.2, 0.25) is 5.91 Å². The number of hydrogen-bond acceptors (Lipinski definition) is 6. The molecule has 0 saturated carbocycles. The van der Waals surface area contributed by atoms with Gasteiger partial charge < -0.3 is 14.2 Å². The van der Waals surface area contributed by atoms with E-state index < -0.39 is 0 Å². The van der Waals surface area contributed by atoms with Gasteiger partial charge >= 0.3 is 0 Å². The summed E-state index contributed by atoms with van der Waals surface area (Å²) in [5.41, 5.74) is 0.899. The van der Waals surface area contributed by atoms with Crippen molar-refractivity contribution in [2.75, 3.05) is 31.1 Å². The third-order valence-corrected chi connectivity index (χ3v) is 4.43. The monoisotopic (exact) mass is 352 g/mol. The Morgan fingerprint density at radius 2 is 2.00 bits per heavy atom. The highest BCUT2D eigenvalue weighted by Gasteiger charge is 2.22. The van der Waals surface area contributed by atoms with E-state index in [4.69, 9.17) is 4.42 Å². The highest BCUT2D eigenvalue weighted by atomic mass is 16.3. The van der Waals surface area contributed by atoms with Gasteiger partial charge in [0.05, 0.1) is 0 Å². The third-order valence-electron chi connectivity index (χ3n) is 4.43. The first-order valence-electron chi connectivity index (χ1n) is 8.56. The molecule has 1 saturated heterocycles. The maximum Gasteiger partial charge on any atom is 0.254 e. The molecule has 0 atom stereocenters. The fourth-order valence-electron chi connectivity index (χ4n) is 3.09. The van der Waals surface area contributed by atoms with Gasteiger partial charge in [-0.25, -0.2) is 4.98 Å². The number of carbonyl (C=O) groups is 1. The molecule has 0 unspecified atom stereocenters. The van der Waals surface area contributed by atoms with Crippen LogP contribution in [0.1, 0.15) is 17.2 Å². The molecule has 8 heteroatoms. The fourth-order valence-corrected chi connectivity index (χ4v) is 3.09. The molecule has 4 rings (SSSR count). The number of rotatable bonds is 3. The maximum atomic E-state index is 12.4. The zero-order valence-corrected chi connectivity index (χ0v) is 14.8. The lowest BCUT2D eigenvalue weighted by atomic mass is 10.2. The standard InChI is InChI=1S/C18H20N6O2/c1-13-11-16(24-18(21-13)19-12-20-24)22-7-9-23(10-8-22)17(25)6-5-15-4-3-14(2)26-15/h3-6,11-12H,7-10H2,1-2H3/b6-5+. The summed E-state index contributed by atoms with van der Waals surface area (Å²) in [5, 5.41) is 4.25. The van der Waals surface area contributed by atoms with E-state index in [-0.39, 0.29) is 5.91 Å². The van der Waals surface area contributed by atoms with Gasteiger partial charge in [0, 0.05) is 44.0 Å². The Hall–Kier alpha value is -3.16. The van der Waals surface area contributed by atoms with Crippen molar-refractivity contribution in [3.63, 3.8) is 0 Å². The van der Waals surface area contributed by atoms with Crippen molar-refractivity contribution in [2.45, 2.75) is 13.8 Å². The van der Waals surface area contributed by atoms with Crippen molar-refractivity contribution in [1.29, 1.82) is 0 Å². The molecule has 3 aromatic rings. The van der Waals surface area contributed by atoms with Crippen molar-refractivity contribution < 1.29 is 9.21 Å². The quantitative estimate of drug-likeness (QED) is 0.668. The van der Waals surface area contributed by atoms with E-state index in [2.05, 4.69) is 20.0 Å². The highest BCUT2D eigenvalue weighted by Crippen LogP contribution is 2.18. The largest absolute Gasteiger partial charge is 0.462 e. The van der Waals surface area contributed by atoms with E-state index in [0.717, 1.165) is 30.4 Å². The molecule has 1 aliphatic rings. The average molecular weight is 352 g/mol. The number of carbonyl (C=O) groups excluding carboxylic acids is 1. The van der Waals surface area contributed by atoms with Crippen LogP contribution in [0.15, 0.2) is 35.0 Å². The summed E-state index contributed by atoms with van der Waals surface area (Å²) in [6.07, 6.45) is 4.79. The Kier molecular flexibility index (Phi) is 4.16. The number of piperazine rings is 1. The number of nitrogens with zero attached hydrogens (tertiary/aromatic N) is 6. The van der Waals surface area contributed by atoms with Crippen LogP contribution in [0.2, 0.25) is 0 Å².